The molecule has 0 aliphatic heterocycles. The molecule has 1 aromatic rings. The fourth-order valence-corrected chi connectivity index (χ4v) is 1.31. The Bertz CT molecular complexity index is 464. The van der Waals surface area contributed by atoms with E-state index in [9.17, 15) is 8.78 Å². The molecule has 0 bridgehead atoms. The summed E-state index contributed by atoms with van der Waals surface area (Å²) in [5.74, 6) is 1.92. The summed E-state index contributed by atoms with van der Waals surface area (Å²) in [7, 11) is 0. The standard InChI is InChI=1S/C13H15F2N3/c1-3-7-17-13(16-4-2)18-9-10-8-11(14)5-6-12(10)15/h1,5-6,8H,4,7,9H2,2H3,(H2,16,17,18). The SMILES string of the molecule is C#CCNC(=NCc1cc(F)ccc1F)NCC. The fraction of sp³-hybridized carbons (Fsp3) is 0.308. The van der Waals surface area contributed by atoms with Crippen molar-refractivity contribution < 1.29 is 8.78 Å². The highest BCUT2D eigenvalue weighted by Crippen LogP contribution is 2.10. The first-order valence-electron chi connectivity index (χ1n) is 5.57. The van der Waals surface area contributed by atoms with Crippen molar-refractivity contribution in [2.75, 3.05) is 13.1 Å². The number of nitrogens with one attached hydrogen (secondary N) is 2. The number of halogens is 2. The van der Waals surface area contributed by atoms with E-state index in [1.54, 1.807) is 0 Å². The van der Waals surface area contributed by atoms with Crippen molar-refractivity contribution >= 4 is 5.96 Å². The fourth-order valence-electron chi connectivity index (χ4n) is 1.31. The lowest BCUT2D eigenvalue weighted by Gasteiger charge is -2.09. The summed E-state index contributed by atoms with van der Waals surface area (Å²) in [6, 6.07) is 3.29. The van der Waals surface area contributed by atoms with E-state index >= 15 is 0 Å². The van der Waals surface area contributed by atoms with Gasteiger partial charge in [-0.25, -0.2) is 13.8 Å². The Kier molecular flexibility index (Phi) is 5.65. The first kappa shape index (κ1) is 14.0. The summed E-state index contributed by atoms with van der Waals surface area (Å²) in [6.45, 7) is 2.92. The minimum Gasteiger partial charge on any atom is -0.357 e. The predicted molar refractivity (Wildman–Crippen MR) is 68.0 cm³/mol. The quantitative estimate of drug-likeness (QED) is 0.485. The molecule has 0 aromatic heterocycles. The van der Waals surface area contributed by atoms with Crippen LogP contribution in [0.25, 0.3) is 0 Å². The van der Waals surface area contributed by atoms with Crippen molar-refractivity contribution in [1.82, 2.24) is 10.6 Å². The van der Waals surface area contributed by atoms with Crippen LogP contribution in [0.1, 0.15) is 12.5 Å². The minimum atomic E-state index is -0.483. The van der Waals surface area contributed by atoms with Crippen LogP contribution in [0.3, 0.4) is 0 Å². The number of rotatable bonds is 4. The van der Waals surface area contributed by atoms with Gasteiger partial charge in [-0.1, -0.05) is 5.92 Å². The Morgan fingerprint density at radius 2 is 2.17 bits per heavy atom. The van der Waals surface area contributed by atoms with Gasteiger partial charge in [0.2, 0.25) is 0 Å². The number of hydrogen-bond acceptors (Lipinski definition) is 1. The molecule has 5 heteroatoms. The number of nitrogens with zero attached hydrogens (tertiary/aromatic N) is 1. The third kappa shape index (κ3) is 4.42. The first-order chi connectivity index (χ1) is 8.67. The molecule has 0 radical (unpaired) electrons. The first-order valence-corrected chi connectivity index (χ1v) is 5.57. The Hall–Kier alpha value is -2.09. The number of hydrogen-bond donors (Lipinski definition) is 2. The van der Waals surface area contributed by atoms with Crippen molar-refractivity contribution in [1.29, 1.82) is 0 Å². The molecule has 18 heavy (non-hydrogen) atoms. The Morgan fingerprint density at radius 3 is 2.83 bits per heavy atom. The average Bonchev–Trinajstić information content (AvgIpc) is 2.36. The number of terminal acetylenes is 1. The third-order valence-electron chi connectivity index (χ3n) is 2.12. The molecule has 3 nitrogen and oxygen atoms in total. The second kappa shape index (κ2) is 7.28. The number of guanidine groups is 1. The molecule has 0 saturated heterocycles. The zero-order chi connectivity index (χ0) is 13.4. The van der Waals surface area contributed by atoms with E-state index in [0.29, 0.717) is 19.0 Å². The van der Waals surface area contributed by atoms with Crippen LogP contribution in [0.5, 0.6) is 0 Å². The molecule has 0 amide bonds. The molecule has 0 saturated carbocycles. The van der Waals surface area contributed by atoms with Gasteiger partial charge in [-0.3, -0.25) is 0 Å². The maximum absolute atomic E-state index is 13.3. The smallest absolute Gasteiger partial charge is 0.192 e. The largest absolute Gasteiger partial charge is 0.357 e. The zero-order valence-electron chi connectivity index (χ0n) is 10.1. The van der Waals surface area contributed by atoms with Gasteiger partial charge in [-0.2, -0.15) is 0 Å². The van der Waals surface area contributed by atoms with E-state index in [1.807, 2.05) is 6.92 Å². The summed E-state index contributed by atoms with van der Waals surface area (Å²) in [4.78, 5) is 4.12. The monoisotopic (exact) mass is 251 g/mol. The van der Waals surface area contributed by atoms with Gasteiger partial charge in [-0.15, -0.1) is 6.42 Å². The highest BCUT2D eigenvalue weighted by atomic mass is 19.1. The summed E-state index contributed by atoms with van der Waals surface area (Å²) in [6.07, 6.45) is 5.12. The number of aliphatic imine (C=N–C) groups is 1. The molecule has 0 fully saturated rings. The molecule has 0 spiro atoms. The summed E-state index contributed by atoms with van der Waals surface area (Å²) >= 11 is 0. The molecular formula is C13H15F2N3. The van der Waals surface area contributed by atoms with E-state index in [1.165, 1.54) is 0 Å². The van der Waals surface area contributed by atoms with Crippen molar-refractivity contribution in [3.8, 4) is 12.3 Å². The van der Waals surface area contributed by atoms with Crippen LogP contribution >= 0.6 is 0 Å². The van der Waals surface area contributed by atoms with Gasteiger partial charge in [0.25, 0.3) is 0 Å². The Morgan fingerprint density at radius 1 is 1.39 bits per heavy atom. The maximum Gasteiger partial charge on any atom is 0.192 e. The second-order valence-electron chi connectivity index (χ2n) is 3.49. The normalized spacial score (nSPS) is 10.9. The van der Waals surface area contributed by atoms with Gasteiger partial charge >= 0.3 is 0 Å². The summed E-state index contributed by atoms with van der Waals surface area (Å²) < 4.78 is 26.3. The van der Waals surface area contributed by atoms with Crippen LogP contribution in [-0.2, 0) is 6.54 Å². The Labute approximate surface area is 105 Å². The summed E-state index contributed by atoms with van der Waals surface area (Å²) in [5.41, 5.74) is 0.202. The van der Waals surface area contributed by atoms with Gasteiger partial charge in [0.15, 0.2) is 5.96 Å². The highest BCUT2D eigenvalue weighted by molar-refractivity contribution is 5.79. The lowest BCUT2D eigenvalue weighted by molar-refractivity contribution is 0.585. The van der Waals surface area contributed by atoms with Crippen LogP contribution < -0.4 is 10.6 Å². The molecule has 0 aliphatic rings. The average molecular weight is 251 g/mol. The van der Waals surface area contributed by atoms with E-state index in [0.717, 1.165) is 18.2 Å². The van der Waals surface area contributed by atoms with Crippen molar-refractivity contribution in [2.24, 2.45) is 4.99 Å². The van der Waals surface area contributed by atoms with E-state index < -0.39 is 11.6 Å². The van der Waals surface area contributed by atoms with Crippen molar-refractivity contribution in [2.45, 2.75) is 13.5 Å². The van der Waals surface area contributed by atoms with Gasteiger partial charge < -0.3 is 10.6 Å². The third-order valence-corrected chi connectivity index (χ3v) is 2.12. The molecule has 0 heterocycles. The van der Waals surface area contributed by atoms with E-state index in [2.05, 4.69) is 21.5 Å². The van der Waals surface area contributed by atoms with Crippen LogP contribution in [0, 0.1) is 24.0 Å². The minimum absolute atomic E-state index is 0.0451. The second-order valence-corrected chi connectivity index (χ2v) is 3.49. The predicted octanol–water partition coefficient (Wildman–Crippen LogP) is 1.65. The lowest BCUT2D eigenvalue weighted by atomic mass is 10.2. The molecular weight excluding hydrogens is 236 g/mol. The van der Waals surface area contributed by atoms with Gasteiger partial charge in [0, 0.05) is 12.1 Å². The molecule has 1 aromatic carbocycles. The van der Waals surface area contributed by atoms with Gasteiger partial charge in [0.1, 0.15) is 11.6 Å². The lowest BCUT2D eigenvalue weighted by Crippen LogP contribution is -2.37. The molecule has 0 unspecified atom stereocenters. The Balaban J connectivity index is 2.74. The van der Waals surface area contributed by atoms with Crippen LogP contribution in [0.4, 0.5) is 8.78 Å². The van der Waals surface area contributed by atoms with Crippen molar-refractivity contribution in [3.05, 3.63) is 35.4 Å². The topological polar surface area (TPSA) is 36.4 Å². The highest BCUT2D eigenvalue weighted by Gasteiger charge is 2.03. The molecule has 0 aliphatic carbocycles. The molecule has 96 valence electrons. The molecule has 0 atom stereocenters. The zero-order valence-corrected chi connectivity index (χ0v) is 10.1. The summed E-state index contributed by atoms with van der Waals surface area (Å²) in [5, 5.41) is 5.81. The van der Waals surface area contributed by atoms with Crippen LogP contribution in [0.2, 0.25) is 0 Å². The van der Waals surface area contributed by atoms with E-state index in [4.69, 9.17) is 6.42 Å². The van der Waals surface area contributed by atoms with Gasteiger partial charge in [0.05, 0.1) is 13.1 Å². The number of benzene rings is 1. The van der Waals surface area contributed by atoms with E-state index in [-0.39, 0.29) is 12.1 Å². The van der Waals surface area contributed by atoms with Crippen LogP contribution in [-0.4, -0.2) is 19.0 Å². The van der Waals surface area contributed by atoms with Gasteiger partial charge in [-0.05, 0) is 25.1 Å². The maximum atomic E-state index is 13.3. The van der Waals surface area contributed by atoms with Crippen LogP contribution in [0.15, 0.2) is 23.2 Å². The van der Waals surface area contributed by atoms with Crippen molar-refractivity contribution in [3.63, 3.8) is 0 Å². The molecule has 1 rings (SSSR count). The molecule has 2 N–H and O–H groups in total.